The number of ketones is 1. The molecule has 0 radical (unpaired) electrons. The van der Waals surface area contributed by atoms with Crippen molar-refractivity contribution in [3.05, 3.63) is 29.8 Å². The third-order valence-electron chi connectivity index (χ3n) is 6.59. The van der Waals surface area contributed by atoms with Gasteiger partial charge in [-0.2, -0.15) is 4.31 Å². The smallest absolute Gasteiger partial charge is 0.243 e. The minimum atomic E-state index is -3.63. The Morgan fingerprint density at radius 1 is 0.903 bits per heavy atom. The molecule has 170 valence electrons. The third-order valence-corrected chi connectivity index (χ3v) is 8.50. The molecule has 1 aromatic rings. The lowest BCUT2D eigenvalue weighted by Crippen LogP contribution is -2.47. The summed E-state index contributed by atoms with van der Waals surface area (Å²) in [6, 6.07) is 6.03. The molecular weight excluding hydrogens is 420 g/mol. The SMILES string of the molecule is CC(=O)c1ccc(S(=O)(=O)N2CCC(C(=O)N3CCC(C4OCCO4)CC3)CC2)cc1. The van der Waals surface area contributed by atoms with Gasteiger partial charge in [-0.05, 0) is 44.7 Å². The van der Waals surface area contributed by atoms with Crippen LogP contribution in [0.25, 0.3) is 0 Å². The number of sulfonamides is 1. The van der Waals surface area contributed by atoms with E-state index in [0.29, 0.717) is 63.7 Å². The largest absolute Gasteiger partial charge is 0.350 e. The summed E-state index contributed by atoms with van der Waals surface area (Å²) in [6.07, 6.45) is 2.67. The number of nitrogens with zero attached hydrogens (tertiary/aromatic N) is 2. The van der Waals surface area contributed by atoms with Crippen LogP contribution in [-0.4, -0.2) is 75.0 Å². The minimum Gasteiger partial charge on any atom is -0.350 e. The van der Waals surface area contributed by atoms with E-state index in [1.54, 1.807) is 0 Å². The van der Waals surface area contributed by atoms with Crippen molar-refractivity contribution in [3.8, 4) is 0 Å². The van der Waals surface area contributed by atoms with Crippen molar-refractivity contribution in [1.82, 2.24) is 9.21 Å². The van der Waals surface area contributed by atoms with E-state index >= 15 is 0 Å². The highest BCUT2D eigenvalue weighted by atomic mass is 32.2. The van der Waals surface area contributed by atoms with Gasteiger partial charge in [0.05, 0.1) is 18.1 Å². The molecule has 4 rings (SSSR count). The fourth-order valence-corrected chi connectivity index (χ4v) is 6.12. The van der Waals surface area contributed by atoms with Crippen LogP contribution < -0.4 is 0 Å². The molecule has 0 aliphatic carbocycles. The van der Waals surface area contributed by atoms with Crippen LogP contribution in [0.2, 0.25) is 0 Å². The average molecular weight is 451 g/mol. The van der Waals surface area contributed by atoms with Gasteiger partial charge in [-0.1, -0.05) is 12.1 Å². The number of ether oxygens (including phenoxy) is 2. The summed E-state index contributed by atoms with van der Waals surface area (Å²) < 4.78 is 38.5. The maximum atomic E-state index is 13.0. The topological polar surface area (TPSA) is 93.2 Å². The molecule has 1 aromatic carbocycles. The highest BCUT2D eigenvalue weighted by molar-refractivity contribution is 7.89. The van der Waals surface area contributed by atoms with E-state index in [-0.39, 0.29) is 28.8 Å². The monoisotopic (exact) mass is 450 g/mol. The van der Waals surface area contributed by atoms with Crippen molar-refractivity contribution >= 4 is 21.7 Å². The molecular formula is C22H30N2O6S. The maximum absolute atomic E-state index is 13.0. The number of carbonyl (C=O) groups excluding carboxylic acids is 2. The molecule has 3 aliphatic rings. The molecule has 0 saturated carbocycles. The second-order valence-electron chi connectivity index (χ2n) is 8.53. The lowest BCUT2D eigenvalue weighted by atomic mass is 9.92. The van der Waals surface area contributed by atoms with Gasteiger partial charge in [0.25, 0.3) is 0 Å². The number of carbonyl (C=O) groups is 2. The number of piperidine rings is 2. The summed E-state index contributed by atoms with van der Waals surface area (Å²) in [4.78, 5) is 26.5. The Labute approximate surface area is 183 Å². The first-order chi connectivity index (χ1) is 14.9. The van der Waals surface area contributed by atoms with Gasteiger partial charge >= 0.3 is 0 Å². The first-order valence-corrected chi connectivity index (χ1v) is 12.4. The van der Waals surface area contributed by atoms with Crippen LogP contribution in [0.4, 0.5) is 0 Å². The lowest BCUT2D eigenvalue weighted by molar-refractivity contribution is -0.142. The average Bonchev–Trinajstić information content (AvgIpc) is 3.34. The van der Waals surface area contributed by atoms with Crippen LogP contribution in [0.5, 0.6) is 0 Å². The summed E-state index contributed by atoms with van der Waals surface area (Å²) in [6.45, 7) is 4.80. The number of Topliss-reactive ketones (excluding diaryl/α,β-unsaturated/α-hetero) is 1. The summed E-state index contributed by atoms with van der Waals surface area (Å²) in [7, 11) is -3.63. The Balaban J connectivity index is 1.30. The van der Waals surface area contributed by atoms with E-state index in [9.17, 15) is 18.0 Å². The Hall–Kier alpha value is -1.81. The molecule has 8 nitrogen and oxygen atoms in total. The predicted octanol–water partition coefficient (Wildman–Crippen LogP) is 1.90. The van der Waals surface area contributed by atoms with E-state index in [1.165, 1.54) is 35.5 Å². The second-order valence-corrected chi connectivity index (χ2v) is 10.5. The quantitative estimate of drug-likeness (QED) is 0.636. The van der Waals surface area contributed by atoms with Crippen molar-refractivity contribution in [2.45, 2.75) is 43.8 Å². The molecule has 9 heteroatoms. The van der Waals surface area contributed by atoms with Crippen LogP contribution in [-0.2, 0) is 24.3 Å². The molecule has 0 unspecified atom stereocenters. The normalized spacial score (nSPS) is 22.7. The minimum absolute atomic E-state index is 0.101. The first kappa shape index (κ1) is 22.4. The predicted molar refractivity (Wildman–Crippen MR) is 113 cm³/mol. The Morgan fingerprint density at radius 3 is 2.03 bits per heavy atom. The van der Waals surface area contributed by atoms with E-state index in [4.69, 9.17) is 9.47 Å². The van der Waals surface area contributed by atoms with Crippen LogP contribution >= 0.6 is 0 Å². The zero-order chi connectivity index (χ0) is 22.0. The lowest BCUT2D eigenvalue weighted by Gasteiger charge is -2.37. The zero-order valence-electron chi connectivity index (χ0n) is 17.9. The van der Waals surface area contributed by atoms with Gasteiger partial charge in [0.1, 0.15) is 0 Å². The molecule has 0 N–H and O–H groups in total. The molecule has 0 bridgehead atoms. The van der Waals surface area contributed by atoms with Crippen molar-refractivity contribution in [1.29, 1.82) is 0 Å². The number of benzene rings is 1. The van der Waals surface area contributed by atoms with Gasteiger partial charge in [0.15, 0.2) is 12.1 Å². The van der Waals surface area contributed by atoms with Gasteiger partial charge in [-0.25, -0.2) is 8.42 Å². The molecule has 0 atom stereocenters. The third kappa shape index (κ3) is 4.84. The van der Waals surface area contributed by atoms with Crippen LogP contribution in [0.15, 0.2) is 29.2 Å². The fourth-order valence-electron chi connectivity index (χ4n) is 4.65. The molecule has 0 aromatic heterocycles. The van der Waals surface area contributed by atoms with Gasteiger partial charge in [-0.3, -0.25) is 9.59 Å². The fraction of sp³-hybridized carbons (Fsp3) is 0.636. The molecule has 3 heterocycles. The van der Waals surface area contributed by atoms with Crippen LogP contribution in [0.3, 0.4) is 0 Å². The van der Waals surface area contributed by atoms with Crippen molar-refractivity contribution in [3.63, 3.8) is 0 Å². The van der Waals surface area contributed by atoms with Gasteiger partial charge < -0.3 is 14.4 Å². The van der Waals surface area contributed by atoms with Crippen molar-refractivity contribution in [2.75, 3.05) is 39.4 Å². The van der Waals surface area contributed by atoms with E-state index in [1.807, 2.05) is 4.90 Å². The second kappa shape index (κ2) is 9.36. The van der Waals surface area contributed by atoms with Gasteiger partial charge in [-0.15, -0.1) is 0 Å². The highest BCUT2D eigenvalue weighted by Gasteiger charge is 2.36. The van der Waals surface area contributed by atoms with E-state index in [0.717, 1.165) is 12.8 Å². The van der Waals surface area contributed by atoms with Crippen molar-refractivity contribution in [2.24, 2.45) is 11.8 Å². The summed E-state index contributed by atoms with van der Waals surface area (Å²) in [5, 5.41) is 0. The van der Waals surface area contributed by atoms with E-state index in [2.05, 4.69) is 0 Å². The number of rotatable bonds is 5. The summed E-state index contributed by atoms with van der Waals surface area (Å²) in [5.74, 6) is 0.236. The molecule has 3 fully saturated rings. The molecule has 0 spiro atoms. The molecule has 31 heavy (non-hydrogen) atoms. The van der Waals surface area contributed by atoms with Crippen molar-refractivity contribution < 1.29 is 27.5 Å². The van der Waals surface area contributed by atoms with Gasteiger partial charge in [0.2, 0.25) is 15.9 Å². The maximum Gasteiger partial charge on any atom is 0.243 e. The molecule has 3 saturated heterocycles. The standard InChI is InChI=1S/C22H30N2O6S/c1-16(25)17-2-4-20(5-3-17)31(27,28)24-12-8-18(9-13-24)21(26)23-10-6-19(7-11-23)22-29-14-15-30-22/h2-5,18-19,22H,6-15H2,1H3. The number of likely N-dealkylation sites (tertiary alicyclic amines) is 1. The molecule has 1 amide bonds. The Morgan fingerprint density at radius 2 is 1.48 bits per heavy atom. The number of hydrogen-bond donors (Lipinski definition) is 0. The Kier molecular flexibility index (Phi) is 6.76. The first-order valence-electron chi connectivity index (χ1n) is 11.0. The molecule has 3 aliphatic heterocycles. The van der Waals surface area contributed by atoms with Crippen LogP contribution in [0, 0.1) is 11.8 Å². The van der Waals surface area contributed by atoms with Gasteiger partial charge in [0, 0.05) is 43.6 Å². The van der Waals surface area contributed by atoms with Crippen LogP contribution in [0.1, 0.15) is 43.0 Å². The highest BCUT2D eigenvalue weighted by Crippen LogP contribution is 2.29. The number of hydrogen-bond acceptors (Lipinski definition) is 6. The zero-order valence-corrected chi connectivity index (χ0v) is 18.7. The number of amides is 1. The summed E-state index contributed by atoms with van der Waals surface area (Å²) in [5.41, 5.74) is 0.484. The Bertz CT molecular complexity index is 894. The summed E-state index contributed by atoms with van der Waals surface area (Å²) >= 11 is 0. The van der Waals surface area contributed by atoms with E-state index < -0.39 is 10.0 Å².